The van der Waals surface area contributed by atoms with Crippen molar-refractivity contribution < 1.29 is 14.4 Å². The molecule has 6 nitrogen and oxygen atoms in total. The number of carbonyl (C=O) groups is 3. The highest BCUT2D eigenvalue weighted by molar-refractivity contribution is 6.30. The first-order valence-electron chi connectivity index (χ1n) is 9.45. The van der Waals surface area contributed by atoms with Gasteiger partial charge in [0.1, 0.15) is 0 Å². The third kappa shape index (κ3) is 2.68. The van der Waals surface area contributed by atoms with Gasteiger partial charge in [-0.3, -0.25) is 14.9 Å². The number of fused-ring (bicyclic) bond motifs is 1. The molecule has 1 saturated heterocycles. The highest BCUT2D eigenvalue weighted by Gasteiger charge is 2.56. The van der Waals surface area contributed by atoms with Gasteiger partial charge < -0.3 is 4.90 Å². The van der Waals surface area contributed by atoms with Crippen LogP contribution >= 0.6 is 0 Å². The molecule has 144 valence electrons. The van der Waals surface area contributed by atoms with Crippen molar-refractivity contribution in [1.29, 1.82) is 0 Å². The monoisotopic (exact) mass is 377 g/mol. The minimum atomic E-state index is -1.33. The minimum Gasteiger partial charge on any atom is -0.373 e. The summed E-state index contributed by atoms with van der Waals surface area (Å²) in [4.78, 5) is 42.0. The van der Waals surface area contributed by atoms with Gasteiger partial charge in [-0.05, 0) is 49.1 Å². The number of imide groups is 2. The van der Waals surface area contributed by atoms with Crippen LogP contribution in [0.25, 0.3) is 0 Å². The van der Waals surface area contributed by atoms with Crippen LogP contribution in [-0.4, -0.2) is 31.4 Å². The van der Waals surface area contributed by atoms with E-state index in [1.165, 1.54) is 0 Å². The molecule has 2 aromatic carbocycles. The molecule has 1 atom stereocenters. The van der Waals surface area contributed by atoms with Gasteiger partial charge in [0.2, 0.25) is 5.91 Å². The molecule has 28 heavy (non-hydrogen) atoms. The van der Waals surface area contributed by atoms with Gasteiger partial charge in [-0.1, -0.05) is 36.8 Å². The first-order valence-corrected chi connectivity index (χ1v) is 9.45. The smallest absolute Gasteiger partial charge is 0.335 e. The van der Waals surface area contributed by atoms with Gasteiger partial charge in [-0.2, -0.15) is 0 Å². The SMILES string of the molecule is CCc1ccc(N2C(=O)NC(=O)[C@@]3(Cc4cc(C)ccc4N(C)C3)C2=O)cc1. The number of anilines is 2. The number of hydrogen-bond donors (Lipinski definition) is 1. The Labute approximate surface area is 164 Å². The van der Waals surface area contributed by atoms with Crippen LogP contribution in [0.2, 0.25) is 0 Å². The molecule has 0 bridgehead atoms. The number of amides is 4. The molecule has 0 saturated carbocycles. The molecule has 6 heteroatoms. The van der Waals surface area contributed by atoms with Crippen LogP contribution in [0.5, 0.6) is 0 Å². The number of hydrogen-bond acceptors (Lipinski definition) is 4. The Morgan fingerprint density at radius 3 is 2.46 bits per heavy atom. The predicted molar refractivity (Wildman–Crippen MR) is 107 cm³/mol. The molecule has 4 amide bonds. The summed E-state index contributed by atoms with van der Waals surface area (Å²) in [7, 11) is 1.87. The fourth-order valence-corrected chi connectivity index (χ4v) is 4.19. The maximum Gasteiger partial charge on any atom is 0.335 e. The standard InChI is InChI=1S/C22H23N3O3/c1-4-15-6-8-17(9-7-15)25-20(27)22(19(26)23-21(25)28)12-16-11-14(2)5-10-18(16)24(3)13-22/h5-11H,4,12-13H2,1-3H3,(H,23,26,28)/t22-/m0/s1. The van der Waals surface area contributed by atoms with Gasteiger partial charge in [0.25, 0.3) is 5.91 Å². The maximum atomic E-state index is 13.5. The lowest BCUT2D eigenvalue weighted by Gasteiger charge is -2.45. The van der Waals surface area contributed by atoms with E-state index in [1.807, 2.05) is 56.1 Å². The molecule has 2 aliphatic rings. The van der Waals surface area contributed by atoms with Crippen molar-refractivity contribution in [2.24, 2.45) is 5.41 Å². The number of nitrogens with zero attached hydrogens (tertiary/aromatic N) is 2. The number of barbiturate groups is 1. The summed E-state index contributed by atoms with van der Waals surface area (Å²) in [5.74, 6) is -0.993. The van der Waals surface area contributed by atoms with E-state index >= 15 is 0 Å². The fourth-order valence-electron chi connectivity index (χ4n) is 4.19. The van der Waals surface area contributed by atoms with E-state index in [0.717, 1.165) is 33.7 Å². The normalized spacial score (nSPS) is 21.8. The molecule has 1 N–H and O–H groups in total. The average Bonchev–Trinajstić information content (AvgIpc) is 2.67. The van der Waals surface area contributed by atoms with Gasteiger partial charge in [0.15, 0.2) is 5.41 Å². The Hall–Kier alpha value is -3.15. The van der Waals surface area contributed by atoms with Crippen molar-refractivity contribution in [2.45, 2.75) is 26.7 Å². The molecule has 0 radical (unpaired) electrons. The van der Waals surface area contributed by atoms with Crippen LogP contribution in [0, 0.1) is 12.3 Å². The maximum absolute atomic E-state index is 13.5. The predicted octanol–water partition coefficient (Wildman–Crippen LogP) is 2.82. The molecule has 0 aliphatic carbocycles. The van der Waals surface area contributed by atoms with Crippen molar-refractivity contribution in [3.05, 3.63) is 59.2 Å². The Kier molecular flexibility index (Phi) is 4.22. The van der Waals surface area contributed by atoms with E-state index < -0.39 is 23.3 Å². The summed E-state index contributed by atoms with van der Waals surface area (Å²) in [6, 6.07) is 12.6. The van der Waals surface area contributed by atoms with Crippen LogP contribution in [0.1, 0.15) is 23.6 Å². The summed E-state index contributed by atoms with van der Waals surface area (Å²) < 4.78 is 0. The second kappa shape index (κ2) is 6.48. The van der Waals surface area contributed by atoms with Crippen molar-refractivity contribution >= 4 is 29.2 Å². The molecule has 1 fully saturated rings. The van der Waals surface area contributed by atoms with Crippen LogP contribution in [0.15, 0.2) is 42.5 Å². The van der Waals surface area contributed by atoms with Crippen molar-refractivity contribution in [3.8, 4) is 0 Å². The molecule has 4 rings (SSSR count). The van der Waals surface area contributed by atoms with Crippen molar-refractivity contribution in [3.63, 3.8) is 0 Å². The van der Waals surface area contributed by atoms with Gasteiger partial charge in [0, 0.05) is 19.3 Å². The third-order valence-electron chi connectivity index (χ3n) is 5.72. The van der Waals surface area contributed by atoms with E-state index in [2.05, 4.69) is 5.32 Å². The zero-order valence-electron chi connectivity index (χ0n) is 16.3. The molecule has 1 spiro atoms. The van der Waals surface area contributed by atoms with Crippen molar-refractivity contribution in [1.82, 2.24) is 5.32 Å². The summed E-state index contributed by atoms with van der Waals surface area (Å²) >= 11 is 0. The van der Waals surface area contributed by atoms with E-state index in [4.69, 9.17) is 0 Å². The Balaban J connectivity index is 1.77. The van der Waals surface area contributed by atoms with Gasteiger partial charge in [-0.15, -0.1) is 0 Å². The molecular formula is C22H23N3O3. The van der Waals surface area contributed by atoms with Crippen LogP contribution in [-0.2, 0) is 22.4 Å². The number of aryl methyl sites for hydroxylation is 2. The van der Waals surface area contributed by atoms with Gasteiger partial charge in [-0.25, -0.2) is 9.69 Å². The molecule has 2 aliphatic heterocycles. The van der Waals surface area contributed by atoms with Crippen LogP contribution in [0.4, 0.5) is 16.2 Å². The second-order valence-corrected chi connectivity index (χ2v) is 7.67. The first-order chi connectivity index (χ1) is 13.4. The summed E-state index contributed by atoms with van der Waals surface area (Å²) in [6.07, 6.45) is 1.14. The number of carbonyl (C=O) groups excluding carboxylic acids is 3. The summed E-state index contributed by atoms with van der Waals surface area (Å²) in [5, 5.41) is 2.41. The lowest BCUT2D eigenvalue weighted by Crippen LogP contribution is -2.68. The number of benzene rings is 2. The topological polar surface area (TPSA) is 69.7 Å². The average molecular weight is 377 g/mol. The van der Waals surface area contributed by atoms with Crippen LogP contribution in [0.3, 0.4) is 0 Å². The van der Waals surface area contributed by atoms with Crippen LogP contribution < -0.4 is 15.1 Å². The lowest BCUT2D eigenvalue weighted by atomic mass is 9.74. The number of urea groups is 1. The van der Waals surface area contributed by atoms with E-state index in [9.17, 15) is 14.4 Å². The van der Waals surface area contributed by atoms with Gasteiger partial charge >= 0.3 is 6.03 Å². The largest absolute Gasteiger partial charge is 0.373 e. The molecule has 2 aromatic rings. The molecule has 2 heterocycles. The lowest BCUT2D eigenvalue weighted by molar-refractivity contribution is -0.142. The minimum absolute atomic E-state index is 0.227. The highest BCUT2D eigenvalue weighted by atomic mass is 16.2. The Bertz CT molecular complexity index is 983. The molecule has 0 unspecified atom stereocenters. The fraction of sp³-hybridized carbons (Fsp3) is 0.318. The molecular weight excluding hydrogens is 354 g/mol. The van der Waals surface area contributed by atoms with Gasteiger partial charge in [0.05, 0.1) is 5.69 Å². The molecule has 0 aromatic heterocycles. The quantitative estimate of drug-likeness (QED) is 0.817. The highest BCUT2D eigenvalue weighted by Crippen LogP contribution is 2.40. The number of rotatable bonds is 2. The third-order valence-corrected chi connectivity index (χ3v) is 5.72. The second-order valence-electron chi connectivity index (χ2n) is 7.67. The van der Waals surface area contributed by atoms with E-state index in [-0.39, 0.29) is 13.0 Å². The van der Waals surface area contributed by atoms with E-state index in [1.54, 1.807) is 12.1 Å². The zero-order valence-corrected chi connectivity index (χ0v) is 16.3. The summed E-state index contributed by atoms with van der Waals surface area (Å²) in [5.41, 5.74) is 3.27. The zero-order chi connectivity index (χ0) is 20.1. The van der Waals surface area contributed by atoms with E-state index in [0.29, 0.717) is 5.69 Å². The van der Waals surface area contributed by atoms with Crippen molar-refractivity contribution in [2.75, 3.05) is 23.4 Å². The first kappa shape index (κ1) is 18.2. The Morgan fingerprint density at radius 1 is 1.07 bits per heavy atom. The Morgan fingerprint density at radius 2 is 1.79 bits per heavy atom. The summed E-state index contributed by atoms with van der Waals surface area (Å²) in [6.45, 7) is 4.25. The number of nitrogens with one attached hydrogen (secondary N) is 1.